The molecule has 1 atom stereocenters. The number of amides is 2. The molecule has 3 heterocycles. The molecular formula is C22H23N7O4S. The second kappa shape index (κ2) is 10.00. The third-order valence-corrected chi connectivity index (χ3v) is 6.72. The molecule has 0 radical (unpaired) electrons. The molecular weight excluding hydrogens is 458 g/mol. The number of anilines is 1. The van der Waals surface area contributed by atoms with E-state index in [0.717, 1.165) is 17.3 Å². The van der Waals surface area contributed by atoms with Crippen LogP contribution in [0.4, 0.5) is 11.5 Å². The molecule has 12 heteroatoms. The number of piperidine rings is 1. The third kappa shape index (κ3) is 5.06. The van der Waals surface area contributed by atoms with E-state index in [1.165, 1.54) is 12.4 Å². The zero-order valence-electron chi connectivity index (χ0n) is 18.7. The van der Waals surface area contributed by atoms with Crippen LogP contribution in [0.2, 0.25) is 0 Å². The first-order chi connectivity index (χ1) is 16.3. The fourth-order valence-corrected chi connectivity index (χ4v) is 4.59. The SMILES string of the molecule is Cc1cccnc1NC(=O)C1CCCN(C(=O)c2ccc(Sc3nncn3C)c([N+](=O)[O-])c2)C1. The van der Waals surface area contributed by atoms with Crippen molar-refractivity contribution in [3.63, 3.8) is 0 Å². The molecule has 34 heavy (non-hydrogen) atoms. The number of carbonyl (C=O) groups excluding carboxylic acids is 2. The molecule has 3 aromatic rings. The first kappa shape index (κ1) is 23.4. The Morgan fingerprint density at radius 1 is 1.29 bits per heavy atom. The van der Waals surface area contributed by atoms with E-state index in [4.69, 9.17) is 0 Å². The van der Waals surface area contributed by atoms with Crippen LogP contribution >= 0.6 is 11.8 Å². The van der Waals surface area contributed by atoms with Crippen LogP contribution in [0, 0.1) is 23.0 Å². The molecule has 11 nitrogen and oxygen atoms in total. The van der Waals surface area contributed by atoms with Crippen LogP contribution in [0.1, 0.15) is 28.8 Å². The summed E-state index contributed by atoms with van der Waals surface area (Å²) in [7, 11) is 1.74. The summed E-state index contributed by atoms with van der Waals surface area (Å²) in [5.74, 6) is -0.423. The lowest BCUT2D eigenvalue weighted by atomic mass is 9.96. The maximum Gasteiger partial charge on any atom is 0.284 e. The molecule has 0 spiro atoms. The molecule has 0 bridgehead atoms. The largest absolute Gasteiger partial charge is 0.338 e. The first-order valence-corrected chi connectivity index (χ1v) is 11.5. The van der Waals surface area contributed by atoms with Crippen molar-refractivity contribution in [1.82, 2.24) is 24.6 Å². The lowest BCUT2D eigenvalue weighted by Gasteiger charge is -2.32. The third-order valence-electron chi connectivity index (χ3n) is 5.60. The summed E-state index contributed by atoms with van der Waals surface area (Å²) in [6.07, 6.45) is 4.42. The van der Waals surface area contributed by atoms with Crippen molar-refractivity contribution in [2.75, 3.05) is 18.4 Å². The zero-order valence-corrected chi connectivity index (χ0v) is 19.5. The maximum atomic E-state index is 13.2. The quantitative estimate of drug-likeness (QED) is 0.419. The predicted molar refractivity (Wildman–Crippen MR) is 124 cm³/mol. The topological polar surface area (TPSA) is 136 Å². The number of nitro groups is 1. The Morgan fingerprint density at radius 2 is 2.12 bits per heavy atom. The van der Waals surface area contributed by atoms with Gasteiger partial charge in [0.1, 0.15) is 12.1 Å². The smallest absolute Gasteiger partial charge is 0.284 e. The fourth-order valence-electron chi connectivity index (χ4n) is 3.74. The number of carbonyl (C=O) groups is 2. The predicted octanol–water partition coefficient (Wildman–Crippen LogP) is 3.07. The van der Waals surface area contributed by atoms with Gasteiger partial charge in [-0.2, -0.15) is 0 Å². The number of benzene rings is 1. The number of hydrogen-bond donors (Lipinski definition) is 1. The number of nitrogens with zero attached hydrogens (tertiary/aromatic N) is 6. The van der Waals surface area contributed by atoms with Gasteiger partial charge in [0.05, 0.1) is 15.7 Å². The average Bonchev–Trinajstić information content (AvgIpc) is 3.24. The number of nitrogens with one attached hydrogen (secondary N) is 1. The highest BCUT2D eigenvalue weighted by Gasteiger charge is 2.30. The van der Waals surface area contributed by atoms with Gasteiger partial charge >= 0.3 is 0 Å². The van der Waals surface area contributed by atoms with Gasteiger partial charge in [0.25, 0.3) is 11.6 Å². The zero-order chi connectivity index (χ0) is 24.2. The van der Waals surface area contributed by atoms with Crippen LogP contribution in [0.3, 0.4) is 0 Å². The highest BCUT2D eigenvalue weighted by molar-refractivity contribution is 7.99. The molecule has 0 saturated carbocycles. The second-order valence-electron chi connectivity index (χ2n) is 8.01. The van der Waals surface area contributed by atoms with Crippen molar-refractivity contribution in [3.05, 3.63) is 64.1 Å². The van der Waals surface area contributed by atoms with E-state index in [9.17, 15) is 19.7 Å². The van der Waals surface area contributed by atoms with Gasteiger partial charge in [-0.3, -0.25) is 19.7 Å². The van der Waals surface area contributed by atoms with Crippen LogP contribution in [0.25, 0.3) is 0 Å². The number of pyridine rings is 1. The first-order valence-electron chi connectivity index (χ1n) is 10.7. The highest BCUT2D eigenvalue weighted by atomic mass is 32.2. The molecule has 0 aliphatic carbocycles. The van der Waals surface area contributed by atoms with Gasteiger partial charge in [0.15, 0.2) is 5.16 Å². The van der Waals surface area contributed by atoms with Crippen molar-refractivity contribution in [3.8, 4) is 0 Å². The highest BCUT2D eigenvalue weighted by Crippen LogP contribution is 2.34. The van der Waals surface area contributed by atoms with Crippen LogP contribution in [0.5, 0.6) is 0 Å². The van der Waals surface area contributed by atoms with Crippen molar-refractivity contribution in [2.45, 2.75) is 29.8 Å². The summed E-state index contributed by atoms with van der Waals surface area (Å²) in [5, 5.41) is 22.7. The number of aryl methyl sites for hydroxylation is 2. The van der Waals surface area contributed by atoms with Crippen molar-refractivity contribution < 1.29 is 14.5 Å². The molecule has 176 valence electrons. The van der Waals surface area contributed by atoms with E-state index < -0.39 is 4.92 Å². The second-order valence-corrected chi connectivity index (χ2v) is 9.02. The summed E-state index contributed by atoms with van der Waals surface area (Å²) in [5.41, 5.74) is 0.873. The minimum Gasteiger partial charge on any atom is -0.338 e. The van der Waals surface area contributed by atoms with Crippen molar-refractivity contribution in [2.24, 2.45) is 13.0 Å². The standard InChI is InChI=1S/C22H23N7O4S/c1-14-5-3-9-23-19(14)25-20(30)16-6-4-10-28(12-16)21(31)15-7-8-18(17(11-15)29(32)33)34-22-26-24-13-27(22)2/h3,5,7-9,11,13,16H,4,6,10,12H2,1-2H3,(H,23,25,30). The Kier molecular flexibility index (Phi) is 6.87. The van der Waals surface area contributed by atoms with Gasteiger partial charge in [-0.1, -0.05) is 6.07 Å². The van der Waals surface area contributed by atoms with Crippen LogP contribution in [-0.2, 0) is 11.8 Å². The van der Waals surface area contributed by atoms with Crippen LogP contribution < -0.4 is 5.32 Å². The molecule has 1 fully saturated rings. The molecule has 2 aromatic heterocycles. The summed E-state index contributed by atoms with van der Waals surface area (Å²) < 4.78 is 1.65. The molecule has 1 aliphatic heterocycles. The fraction of sp³-hybridized carbons (Fsp3) is 0.318. The molecule has 2 amide bonds. The number of rotatable bonds is 6. The minimum atomic E-state index is -0.517. The van der Waals surface area contributed by atoms with Gasteiger partial charge in [0, 0.05) is 38.0 Å². The van der Waals surface area contributed by atoms with Crippen LogP contribution in [0.15, 0.2) is 52.9 Å². The Balaban J connectivity index is 1.49. The van der Waals surface area contributed by atoms with E-state index in [2.05, 4.69) is 20.5 Å². The van der Waals surface area contributed by atoms with Gasteiger partial charge in [-0.05, 0) is 55.3 Å². The van der Waals surface area contributed by atoms with Crippen molar-refractivity contribution >= 4 is 35.1 Å². The normalized spacial score (nSPS) is 15.7. The maximum absolute atomic E-state index is 13.2. The van der Waals surface area contributed by atoms with Gasteiger partial charge in [-0.25, -0.2) is 4.98 Å². The minimum absolute atomic E-state index is 0.184. The molecule has 1 unspecified atom stereocenters. The summed E-state index contributed by atoms with van der Waals surface area (Å²) in [6.45, 7) is 2.58. The number of hydrogen-bond acceptors (Lipinski definition) is 8. The van der Waals surface area contributed by atoms with E-state index in [-0.39, 0.29) is 35.5 Å². The lowest BCUT2D eigenvalue weighted by Crippen LogP contribution is -2.43. The van der Waals surface area contributed by atoms with Gasteiger partial charge in [-0.15, -0.1) is 10.2 Å². The lowest BCUT2D eigenvalue weighted by molar-refractivity contribution is -0.387. The van der Waals surface area contributed by atoms with Gasteiger partial charge in [0.2, 0.25) is 5.91 Å². The molecule has 4 rings (SSSR count). The molecule has 1 N–H and O–H groups in total. The van der Waals surface area contributed by atoms with Gasteiger partial charge < -0.3 is 14.8 Å². The van der Waals surface area contributed by atoms with E-state index in [1.54, 1.807) is 40.9 Å². The summed E-state index contributed by atoms with van der Waals surface area (Å²) in [4.78, 5) is 43.3. The average molecular weight is 482 g/mol. The van der Waals surface area contributed by atoms with Crippen LogP contribution in [-0.4, -0.2) is 54.5 Å². The number of likely N-dealkylation sites (tertiary alicyclic amines) is 1. The molecule has 1 aromatic carbocycles. The molecule has 1 saturated heterocycles. The van der Waals surface area contributed by atoms with E-state index >= 15 is 0 Å². The number of nitro benzene ring substituents is 1. The number of aromatic nitrogens is 4. The van der Waals surface area contributed by atoms with E-state index in [1.807, 2.05) is 13.0 Å². The van der Waals surface area contributed by atoms with E-state index in [0.29, 0.717) is 35.3 Å². The monoisotopic (exact) mass is 481 g/mol. The Bertz CT molecular complexity index is 1250. The summed E-state index contributed by atoms with van der Waals surface area (Å²) >= 11 is 1.10. The Labute approximate surface area is 199 Å². The Hall–Kier alpha value is -3.80. The summed E-state index contributed by atoms with van der Waals surface area (Å²) in [6, 6.07) is 8.04. The van der Waals surface area contributed by atoms with Crippen molar-refractivity contribution in [1.29, 1.82) is 0 Å². The Morgan fingerprint density at radius 3 is 2.82 bits per heavy atom. The molecule has 1 aliphatic rings.